The van der Waals surface area contributed by atoms with Gasteiger partial charge in [0.2, 0.25) is 0 Å². The number of methoxy groups -OCH3 is 1. The molecule has 0 radical (unpaired) electrons. The fraction of sp³-hybridized carbons (Fsp3) is 0.294. The first-order valence-electron chi connectivity index (χ1n) is 7.37. The predicted molar refractivity (Wildman–Crippen MR) is 97.7 cm³/mol. The first-order valence-corrected chi connectivity index (χ1v) is 8.25. The molecule has 2 heterocycles. The Balaban J connectivity index is 2.47. The highest BCUT2D eigenvalue weighted by Crippen LogP contribution is 2.24. The zero-order chi connectivity index (χ0) is 16.8. The largest absolute Gasteiger partial charge is 0.504 e. The van der Waals surface area contributed by atoms with Gasteiger partial charge in [-0.1, -0.05) is 12.2 Å². The third-order valence-corrected chi connectivity index (χ3v) is 3.77. The second kappa shape index (κ2) is 7.78. The molecule has 0 saturated heterocycles. The van der Waals surface area contributed by atoms with Gasteiger partial charge in [-0.3, -0.25) is 4.79 Å². The Morgan fingerprint density at radius 3 is 2.83 bits per heavy atom. The summed E-state index contributed by atoms with van der Waals surface area (Å²) in [4.78, 5) is 20.2. The minimum absolute atomic E-state index is 0.0565. The Morgan fingerprint density at radius 2 is 2.17 bits per heavy atom. The van der Waals surface area contributed by atoms with Crippen molar-refractivity contribution in [2.24, 2.45) is 0 Å². The molecule has 0 unspecified atom stereocenters. The van der Waals surface area contributed by atoms with Gasteiger partial charge < -0.3 is 15.0 Å². The van der Waals surface area contributed by atoms with Gasteiger partial charge in [-0.25, -0.2) is 4.98 Å². The number of hydrogen-bond acceptors (Lipinski definition) is 5. The average Bonchev–Trinajstić information content (AvgIpc) is 2.95. The summed E-state index contributed by atoms with van der Waals surface area (Å²) in [5.74, 6) is 0. The van der Waals surface area contributed by atoms with Gasteiger partial charge in [0.1, 0.15) is 0 Å². The number of H-pyrrole nitrogens is 1. The minimum Gasteiger partial charge on any atom is -0.504 e. The fourth-order valence-corrected chi connectivity index (χ4v) is 2.90. The van der Waals surface area contributed by atoms with Crippen LogP contribution in [0.25, 0.3) is 23.5 Å². The van der Waals surface area contributed by atoms with Crippen LogP contribution in [0, 0.1) is 0 Å². The molecule has 0 bridgehead atoms. The number of hydrogen-bond donors (Lipinski definition) is 2. The van der Waals surface area contributed by atoms with E-state index in [0.717, 1.165) is 10.8 Å². The molecular weight excluding hydrogens is 310 g/mol. The van der Waals surface area contributed by atoms with Crippen molar-refractivity contribution in [1.82, 2.24) is 9.97 Å². The number of aromatic nitrogens is 2. The second-order valence-electron chi connectivity index (χ2n) is 5.25. The molecule has 0 amide bonds. The van der Waals surface area contributed by atoms with Crippen LogP contribution in [0.3, 0.4) is 0 Å². The van der Waals surface area contributed by atoms with Crippen molar-refractivity contribution in [2.75, 3.05) is 12.4 Å². The van der Waals surface area contributed by atoms with Gasteiger partial charge in [0.25, 0.3) is 0 Å². The summed E-state index contributed by atoms with van der Waals surface area (Å²) in [6.07, 6.45) is 6.89. The monoisotopic (exact) mass is 331 g/mol. The van der Waals surface area contributed by atoms with Gasteiger partial charge in [0, 0.05) is 23.1 Å². The Kier molecular flexibility index (Phi) is 5.76. The molecule has 0 fully saturated rings. The lowest BCUT2D eigenvalue weighted by Crippen LogP contribution is -2.10. The fourth-order valence-electron chi connectivity index (χ4n) is 2.04. The Labute approximate surface area is 139 Å². The summed E-state index contributed by atoms with van der Waals surface area (Å²) in [6.45, 7) is 5.99. The molecule has 2 rings (SSSR count). The van der Waals surface area contributed by atoms with E-state index >= 15 is 0 Å². The van der Waals surface area contributed by atoms with Crippen molar-refractivity contribution in [3.63, 3.8) is 0 Å². The average molecular weight is 331 g/mol. The number of nitrogens with one attached hydrogen (secondary N) is 2. The maximum atomic E-state index is 12.4. The summed E-state index contributed by atoms with van der Waals surface area (Å²) in [7, 11) is 1.57. The maximum absolute atomic E-state index is 12.4. The number of aromatic amines is 1. The van der Waals surface area contributed by atoms with E-state index in [0.29, 0.717) is 23.0 Å². The summed E-state index contributed by atoms with van der Waals surface area (Å²) >= 11 is 1.52. The molecule has 0 saturated carbocycles. The lowest BCUT2D eigenvalue weighted by atomic mass is 10.1. The van der Waals surface area contributed by atoms with Gasteiger partial charge in [-0.2, -0.15) is 0 Å². The molecule has 6 heteroatoms. The molecule has 5 nitrogen and oxygen atoms in total. The zero-order valence-corrected chi connectivity index (χ0v) is 14.5. The molecule has 0 aliphatic carbocycles. The van der Waals surface area contributed by atoms with Crippen molar-refractivity contribution in [3.05, 3.63) is 45.3 Å². The highest BCUT2D eigenvalue weighted by atomic mass is 32.1. The molecular formula is C17H21N3O2S. The number of ether oxygens (including phenoxy) is 1. The number of thiazole rings is 1. The van der Waals surface area contributed by atoms with Crippen LogP contribution in [-0.2, 0) is 4.74 Å². The first-order chi connectivity index (χ1) is 11.0. The second-order valence-corrected chi connectivity index (χ2v) is 6.11. The molecule has 0 aliphatic rings. The first kappa shape index (κ1) is 17.0. The molecule has 0 spiro atoms. The molecule has 23 heavy (non-hydrogen) atoms. The summed E-state index contributed by atoms with van der Waals surface area (Å²) in [6, 6.07) is 1.89. The summed E-state index contributed by atoms with van der Waals surface area (Å²) < 4.78 is 4.96. The topological polar surface area (TPSA) is 67.0 Å². The van der Waals surface area contributed by atoms with E-state index in [1.807, 2.05) is 18.4 Å². The van der Waals surface area contributed by atoms with Gasteiger partial charge in [0.15, 0.2) is 10.6 Å². The number of anilines is 1. The summed E-state index contributed by atoms with van der Waals surface area (Å²) in [5.41, 5.74) is 2.67. The third kappa shape index (κ3) is 4.32. The van der Waals surface area contributed by atoms with Crippen LogP contribution < -0.4 is 10.7 Å². The lowest BCUT2D eigenvalue weighted by Gasteiger charge is -2.06. The van der Waals surface area contributed by atoms with Crippen LogP contribution in [0.15, 0.2) is 28.6 Å². The van der Waals surface area contributed by atoms with E-state index < -0.39 is 0 Å². The van der Waals surface area contributed by atoms with Crippen molar-refractivity contribution < 1.29 is 4.74 Å². The van der Waals surface area contributed by atoms with E-state index in [1.165, 1.54) is 17.6 Å². The van der Waals surface area contributed by atoms with Crippen LogP contribution >= 0.6 is 11.3 Å². The smallest absolute Gasteiger partial charge is 0.190 e. The molecule has 0 aliphatic heterocycles. The van der Waals surface area contributed by atoms with E-state index in [2.05, 4.69) is 29.1 Å². The molecule has 0 aromatic carbocycles. The number of rotatable bonds is 6. The molecule has 2 aromatic rings. The van der Waals surface area contributed by atoms with Crippen LogP contribution in [-0.4, -0.2) is 23.1 Å². The highest BCUT2D eigenvalue weighted by molar-refractivity contribution is 7.14. The Hall–Kier alpha value is -2.34. The van der Waals surface area contributed by atoms with Gasteiger partial charge in [-0.15, -0.1) is 11.3 Å². The number of allylic oxidation sites excluding steroid dienone is 1. The van der Waals surface area contributed by atoms with Gasteiger partial charge in [0.05, 0.1) is 30.5 Å². The summed E-state index contributed by atoms with van der Waals surface area (Å²) in [5, 5.41) is 6.02. The SMILES string of the molecule is C/C=C\c1c(/C=C/OC)[nH]c(-c2csc(NC(C)C)n2)cc1=O. The van der Waals surface area contributed by atoms with E-state index in [1.54, 1.807) is 25.3 Å². The zero-order valence-electron chi connectivity index (χ0n) is 13.7. The van der Waals surface area contributed by atoms with E-state index in [4.69, 9.17) is 4.74 Å². The predicted octanol–water partition coefficient (Wildman–Crippen LogP) is 3.97. The van der Waals surface area contributed by atoms with Crippen LogP contribution in [0.5, 0.6) is 0 Å². The minimum atomic E-state index is -0.0565. The highest BCUT2D eigenvalue weighted by Gasteiger charge is 2.10. The molecule has 2 aromatic heterocycles. The van der Waals surface area contributed by atoms with E-state index in [-0.39, 0.29) is 5.43 Å². The van der Waals surface area contributed by atoms with Crippen LogP contribution in [0.2, 0.25) is 0 Å². The Bertz CT molecular complexity index is 772. The maximum Gasteiger partial charge on any atom is 0.190 e. The molecule has 2 N–H and O–H groups in total. The normalized spacial score (nSPS) is 11.7. The molecule has 122 valence electrons. The lowest BCUT2D eigenvalue weighted by molar-refractivity contribution is 0.341. The van der Waals surface area contributed by atoms with Crippen molar-refractivity contribution in [2.45, 2.75) is 26.8 Å². The van der Waals surface area contributed by atoms with Gasteiger partial charge in [-0.05, 0) is 26.8 Å². The molecule has 0 atom stereocenters. The van der Waals surface area contributed by atoms with Crippen molar-refractivity contribution >= 4 is 28.6 Å². The van der Waals surface area contributed by atoms with Crippen molar-refractivity contribution in [3.8, 4) is 11.4 Å². The standard InChI is InChI=1S/C17H21N3O2S/c1-5-6-12-13(7-8-22-4)19-14(9-16(12)21)15-10-23-17(20-15)18-11(2)3/h5-11H,1-4H3,(H,18,20)(H,19,21)/b6-5-,8-7+. The van der Waals surface area contributed by atoms with Gasteiger partial charge >= 0.3 is 0 Å². The van der Waals surface area contributed by atoms with E-state index in [9.17, 15) is 4.79 Å². The number of nitrogens with zero attached hydrogens (tertiary/aromatic N) is 1. The quantitative estimate of drug-likeness (QED) is 0.786. The third-order valence-electron chi connectivity index (χ3n) is 3.00. The number of pyridine rings is 1. The van der Waals surface area contributed by atoms with Crippen LogP contribution in [0.4, 0.5) is 5.13 Å². The van der Waals surface area contributed by atoms with Crippen molar-refractivity contribution in [1.29, 1.82) is 0 Å². The Morgan fingerprint density at radius 1 is 1.39 bits per heavy atom. The van der Waals surface area contributed by atoms with Crippen LogP contribution in [0.1, 0.15) is 32.0 Å².